The van der Waals surface area contributed by atoms with Gasteiger partial charge in [-0.2, -0.15) is 0 Å². The number of carbonyl (C=O) groups excluding carboxylic acids is 1. The second-order valence-corrected chi connectivity index (χ2v) is 6.71. The molecule has 0 spiro atoms. The molecule has 4 atom stereocenters. The smallest absolute Gasteiger partial charge is 0.306 e. The van der Waals surface area contributed by atoms with Crippen molar-refractivity contribution in [1.29, 1.82) is 0 Å². The van der Waals surface area contributed by atoms with E-state index in [4.69, 9.17) is 5.11 Å². The lowest BCUT2D eigenvalue weighted by atomic mass is 9.71. The van der Waals surface area contributed by atoms with Crippen LogP contribution in [0.25, 0.3) is 0 Å². The third-order valence-electron chi connectivity index (χ3n) is 5.09. The first-order chi connectivity index (χ1) is 9.97. The summed E-state index contributed by atoms with van der Waals surface area (Å²) in [5.74, 6) is 0.145. The van der Waals surface area contributed by atoms with E-state index in [1.54, 1.807) is 6.20 Å². The van der Waals surface area contributed by atoms with Crippen molar-refractivity contribution in [3.8, 4) is 0 Å². The maximum atomic E-state index is 12.4. The number of hydrogen-bond acceptors (Lipinski definition) is 2. The number of H-pyrrole nitrogens is 1. The molecule has 114 valence electrons. The predicted molar refractivity (Wildman–Crippen MR) is 78.1 cm³/mol. The highest BCUT2D eigenvalue weighted by Gasteiger charge is 2.50. The highest BCUT2D eigenvalue weighted by Crippen LogP contribution is 2.49. The number of carboxylic acid groups (broad SMARTS) is 1. The molecule has 0 aromatic carbocycles. The minimum absolute atomic E-state index is 0.0397. The number of nitrogens with one attached hydrogen (secondary N) is 2. The Morgan fingerprint density at radius 1 is 1.33 bits per heavy atom. The summed E-state index contributed by atoms with van der Waals surface area (Å²) in [7, 11) is 0. The molecule has 5 heteroatoms. The van der Waals surface area contributed by atoms with Gasteiger partial charge in [-0.1, -0.05) is 13.8 Å². The van der Waals surface area contributed by atoms with Crippen LogP contribution >= 0.6 is 0 Å². The molecule has 0 bridgehead atoms. The zero-order valence-electron chi connectivity index (χ0n) is 12.4. The highest BCUT2D eigenvalue weighted by molar-refractivity contribution is 5.95. The van der Waals surface area contributed by atoms with E-state index in [0.717, 1.165) is 18.5 Å². The number of amides is 1. The van der Waals surface area contributed by atoms with Crippen LogP contribution in [0.15, 0.2) is 12.3 Å². The Labute approximate surface area is 124 Å². The van der Waals surface area contributed by atoms with Gasteiger partial charge in [0.05, 0.1) is 11.5 Å². The van der Waals surface area contributed by atoms with Gasteiger partial charge in [0.2, 0.25) is 0 Å². The van der Waals surface area contributed by atoms with Gasteiger partial charge < -0.3 is 15.4 Å². The van der Waals surface area contributed by atoms with E-state index in [0.29, 0.717) is 23.8 Å². The molecule has 2 aliphatic carbocycles. The molecule has 5 nitrogen and oxygen atoms in total. The predicted octanol–water partition coefficient (Wildman–Crippen LogP) is 2.37. The van der Waals surface area contributed by atoms with Crippen molar-refractivity contribution in [3.63, 3.8) is 0 Å². The summed E-state index contributed by atoms with van der Waals surface area (Å²) in [6.45, 7) is 4.10. The molecule has 4 unspecified atom stereocenters. The molecule has 0 radical (unpaired) electrons. The van der Waals surface area contributed by atoms with Crippen molar-refractivity contribution in [2.24, 2.45) is 17.8 Å². The van der Waals surface area contributed by atoms with Crippen molar-refractivity contribution < 1.29 is 14.7 Å². The Morgan fingerprint density at radius 3 is 2.76 bits per heavy atom. The third kappa shape index (κ3) is 2.45. The van der Waals surface area contributed by atoms with E-state index in [9.17, 15) is 9.59 Å². The second-order valence-electron chi connectivity index (χ2n) is 6.71. The van der Waals surface area contributed by atoms with Gasteiger partial charge in [-0.25, -0.2) is 0 Å². The fourth-order valence-electron chi connectivity index (χ4n) is 3.90. The molecule has 21 heavy (non-hydrogen) atoms. The molecule has 3 N–H and O–H groups in total. The lowest BCUT2D eigenvalue weighted by Crippen LogP contribution is -2.50. The Hall–Kier alpha value is -1.78. The first-order valence-electron chi connectivity index (χ1n) is 7.68. The van der Waals surface area contributed by atoms with Crippen LogP contribution in [0.1, 0.15) is 55.1 Å². The minimum atomic E-state index is -0.692. The Kier molecular flexibility index (Phi) is 3.51. The van der Waals surface area contributed by atoms with E-state index < -0.39 is 5.97 Å². The van der Waals surface area contributed by atoms with Gasteiger partial charge in [-0.15, -0.1) is 0 Å². The molecule has 1 amide bonds. The summed E-state index contributed by atoms with van der Waals surface area (Å²) in [4.78, 5) is 26.6. The SMILES string of the molecule is CC(C)c1[nH]ccc1C(=O)NC1CC2CC(C(=O)O)CC21. The highest BCUT2D eigenvalue weighted by atomic mass is 16.4. The van der Waals surface area contributed by atoms with Crippen molar-refractivity contribution in [2.75, 3.05) is 0 Å². The van der Waals surface area contributed by atoms with Crippen LogP contribution < -0.4 is 5.32 Å². The molecule has 2 aliphatic rings. The van der Waals surface area contributed by atoms with Crippen LogP contribution in [0.5, 0.6) is 0 Å². The maximum absolute atomic E-state index is 12.4. The first kappa shape index (κ1) is 14.2. The number of fused-ring (bicyclic) bond motifs is 1. The normalized spacial score (nSPS) is 30.8. The molecule has 0 saturated heterocycles. The molecular formula is C16H22N2O3. The lowest BCUT2D eigenvalue weighted by molar-refractivity contribution is -0.141. The van der Waals surface area contributed by atoms with E-state index in [2.05, 4.69) is 24.1 Å². The summed E-state index contributed by atoms with van der Waals surface area (Å²) in [5, 5.41) is 12.2. The van der Waals surface area contributed by atoms with E-state index >= 15 is 0 Å². The first-order valence-corrected chi connectivity index (χ1v) is 7.68. The van der Waals surface area contributed by atoms with Crippen LogP contribution in [-0.4, -0.2) is 28.0 Å². The summed E-state index contributed by atoms with van der Waals surface area (Å²) in [5.41, 5.74) is 1.67. The van der Waals surface area contributed by atoms with Crippen LogP contribution in [-0.2, 0) is 4.79 Å². The zero-order chi connectivity index (χ0) is 15.1. The lowest BCUT2D eigenvalue weighted by Gasteiger charge is -2.40. The third-order valence-corrected chi connectivity index (χ3v) is 5.09. The van der Waals surface area contributed by atoms with Gasteiger partial charge in [0.1, 0.15) is 0 Å². The molecule has 2 fully saturated rings. The molecular weight excluding hydrogens is 268 g/mol. The zero-order valence-corrected chi connectivity index (χ0v) is 12.4. The van der Waals surface area contributed by atoms with Crippen LogP contribution in [0.4, 0.5) is 0 Å². The van der Waals surface area contributed by atoms with Gasteiger partial charge in [0, 0.05) is 17.9 Å². The number of carbonyl (C=O) groups is 2. The van der Waals surface area contributed by atoms with Gasteiger partial charge in [-0.3, -0.25) is 9.59 Å². The topological polar surface area (TPSA) is 82.2 Å². The molecule has 2 saturated carbocycles. The minimum Gasteiger partial charge on any atom is -0.481 e. The van der Waals surface area contributed by atoms with Crippen LogP contribution in [0, 0.1) is 17.8 Å². The quantitative estimate of drug-likeness (QED) is 0.796. The second kappa shape index (κ2) is 5.20. The fourth-order valence-corrected chi connectivity index (χ4v) is 3.90. The summed E-state index contributed by atoms with van der Waals surface area (Å²) in [6.07, 6.45) is 4.19. The Balaban J connectivity index is 1.62. The average molecular weight is 290 g/mol. The largest absolute Gasteiger partial charge is 0.481 e. The van der Waals surface area contributed by atoms with Gasteiger partial charge in [-0.05, 0) is 43.1 Å². The number of hydrogen-bond donors (Lipinski definition) is 3. The van der Waals surface area contributed by atoms with Gasteiger partial charge in [0.25, 0.3) is 5.91 Å². The molecule has 0 aliphatic heterocycles. The Bertz CT molecular complexity index is 564. The summed E-state index contributed by atoms with van der Waals surface area (Å²) >= 11 is 0. The van der Waals surface area contributed by atoms with Gasteiger partial charge >= 0.3 is 5.97 Å². The van der Waals surface area contributed by atoms with Crippen molar-refractivity contribution in [1.82, 2.24) is 10.3 Å². The summed E-state index contributed by atoms with van der Waals surface area (Å²) in [6, 6.07) is 1.96. The number of aromatic amines is 1. The van der Waals surface area contributed by atoms with E-state index in [1.807, 2.05) is 6.07 Å². The molecule has 3 rings (SSSR count). The Morgan fingerprint density at radius 2 is 2.10 bits per heavy atom. The monoisotopic (exact) mass is 290 g/mol. The molecule has 1 aromatic heterocycles. The van der Waals surface area contributed by atoms with E-state index in [-0.39, 0.29) is 23.8 Å². The fraction of sp³-hybridized carbons (Fsp3) is 0.625. The number of rotatable bonds is 4. The standard InChI is InChI=1S/C16H22N2O3/c1-8(2)14-11(3-4-17-14)15(19)18-13-7-9-5-10(16(20)21)6-12(9)13/h3-4,8-10,12-13,17H,5-7H2,1-2H3,(H,18,19)(H,20,21). The van der Waals surface area contributed by atoms with Crippen LogP contribution in [0.2, 0.25) is 0 Å². The summed E-state index contributed by atoms with van der Waals surface area (Å²) < 4.78 is 0. The maximum Gasteiger partial charge on any atom is 0.306 e. The average Bonchev–Trinajstić information content (AvgIpc) is 3.00. The van der Waals surface area contributed by atoms with Crippen LogP contribution in [0.3, 0.4) is 0 Å². The molecule has 1 heterocycles. The van der Waals surface area contributed by atoms with E-state index in [1.165, 1.54) is 0 Å². The molecule has 1 aromatic rings. The van der Waals surface area contributed by atoms with Crippen molar-refractivity contribution in [2.45, 2.75) is 45.1 Å². The van der Waals surface area contributed by atoms with Crippen molar-refractivity contribution in [3.05, 3.63) is 23.5 Å². The van der Waals surface area contributed by atoms with Gasteiger partial charge in [0.15, 0.2) is 0 Å². The number of carboxylic acids is 1. The van der Waals surface area contributed by atoms with Crippen molar-refractivity contribution >= 4 is 11.9 Å². The number of aliphatic carboxylic acids is 1. The number of aromatic nitrogens is 1.